The second kappa shape index (κ2) is 14.0. The first-order valence-electron chi connectivity index (χ1n) is 18.0. The number of nitrogens with one attached hydrogen (secondary N) is 2. The third-order valence-corrected chi connectivity index (χ3v) is 12.1. The number of aryl methyl sites for hydroxylation is 1. The number of carbonyl (C=O) groups excluding carboxylic acids is 2. The zero-order valence-electron chi connectivity index (χ0n) is 29.6. The second-order valence-electron chi connectivity index (χ2n) is 14.8. The number of Topliss-reactive ketones (excluding diaryl/α,β-unsaturated/α-hetero) is 1. The highest BCUT2D eigenvalue weighted by molar-refractivity contribution is 6.39. The fraction of sp³-hybridized carbons (Fsp3) is 0.425. The van der Waals surface area contributed by atoms with Gasteiger partial charge in [-0.3, -0.25) is 19.5 Å². The first kappa shape index (κ1) is 35.0. The zero-order valence-corrected chi connectivity index (χ0v) is 31.1. The van der Waals surface area contributed by atoms with Crippen molar-refractivity contribution in [3.05, 3.63) is 75.5 Å². The van der Waals surface area contributed by atoms with Crippen molar-refractivity contribution in [1.29, 1.82) is 0 Å². The third kappa shape index (κ3) is 6.44. The number of amides is 1. The Kier molecular flexibility index (Phi) is 9.44. The monoisotopic (exact) mass is 740 g/mol. The van der Waals surface area contributed by atoms with Crippen molar-refractivity contribution in [2.45, 2.75) is 64.1 Å². The maximum Gasteiger partial charge on any atom is 0.237 e. The first-order chi connectivity index (χ1) is 25.1. The van der Waals surface area contributed by atoms with Crippen LogP contribution in [-0.2, 0) is 22.6 Å². The van der Waals surface area contributed by atoms with Crippen molar-refractivity contribution in [1.82, 2.24) is 30.5 Å². The van der Waals surface area contributed by atoms with Crippen LogP contribution in [0.2, 0.25) is 10.0 Å². The summed E-state index contributed by atoms with van der Waals surface area (Å²) < 4.78 is 11.6. The number of ketones is 1. The highest BCUT2D eigenvalue weighted by Gasteiger charge is 2.53. The van der Waals surface area contributed by atoms with E-state index in [1.165, 1.54) is 5.56 Å². The van der Waals surface area contributed by atoms with Gasteiger partial charge in [0.1, 0.15) is 11.5 Å². The molecule has 4 heterocycles. The summed E-state index contributed by atoms with van der Waals surface area (Å²) in [5.74, 6) is 1.69. The van der Waals surface area contributed by atoms with Crippen molar-refractivity contribution < 1.29 is 19.1 Å². The van der Waals surface area contributed by atoms with E-state index in [1.54, 1.807) is 27.3 Å². The van der Waals surface area contributed by atoms with Gasteiger partial charge in [0.2, 0.25) is 17.7 Å². The molecule has 2 N–H and O–H groups in total. The van der Waals surface area contributed by atoms with Crippen LogP contribution in [0, 0.1) is 11.3 Å². The minimum atomic E-state index is 0.0973. The molecule has 2 aliphatic heterocycles. The number of likely N-dealkylation sites (tertiary alicyclic amines) is 1. The number of methoxy groups -OCH3 is 2. The summed E-state index contributed by atoms with van der Waals surface area (Å²) in [4.78, 5) is 40.3. The van der Waals surface area contributed by atoms with Crippen LogP contribution < -0.4 is 20.1 Å². The van der Waals surface area contributed by atoms with Crippen LogP contribution in [0.3, 0.4) is 0 Å². The lowest BCUT2D eigenvalue weighted by Crippen LogP contribution is -2.62. The van der Waals surface area contributed by atoms with Crippen LogP contribution in [0.15, 0.2) is 48.7 Å². The largest absolute Gasteiger partial charge is 0.481 e. The van der Waals surface area contributed by atoms with Gasteiger partial charge in [0.25, 0.3) is 0 Å². The van der Waals surface area contributed by atoms with Gasteiger partial charge < -0.3 is 20.1 Å². The average Bonchev–Trinajstić information content (AvgIpc) is 3.73. The standard InChI is InChI=1S/C40H42Cl2N6O4/c1-22(49)24-15-40(16-24)20-48(21-40)19-33-38(51-2)47-32(18-44-33)29-9-5-7-27(37(29)42)26-6-4-8-28(36(26)41)31-14-23-10-12-30(35(23)39(46-31)52-3)43-17-25-11-13-34(50)45-25/h4-9,14,18,24-25,30,43H,10-13,15-17,19-21H2,1-3H3,(H,45,50)/t25-,30-/m0/s1. The number of rotatable bonds is 11. The van der Waals surface area contributed by atoms with E-state index in [4.69, 9.17) is 47.6 Å². The molecule has 4 aromatic rings. The lowest BCUT2D eigenvalue weighted by Gasteiger charge is -2.58. The summed E-state index contributed by atoms with van der Waals surface area (Å²) in [5.41, 5.74) is 7.67. The van der Waals surface area contributed by atoms with Crippen molar-refractivity contribution in [3.8, 4) is 45.4 Å². The van der Waals surface area contributed by atoms with E-state index in [2.05, 4.69) is 21.6 Å². The van der Waals surface area contributed by atoms with Crippen molar-refractivity contribution in [2.24, 2.45) is 11.3 Å². The van der Waals surface area contributed by atoms with Gasteiger partial charge in [-0.15, -0.1) is 0 Å². The minimum Gasteiger partial charge on any atom is -0.481 e. The molecular weight excluding hydrogens is 699 g/mol. The molecule has 2 atom stereocenters. The van der Waals surface area contributed by atoms with Crippen LogP contribution in [0.25, 0.3) is 33.6 Å². The van der Waals surface area contributed by atoms with E-state index in [0.717, 1.165) is 84.4 Å². The number of pyridine rings is 1. The molecule has 1 amide bonds. The van der Waals surface area contributed by atoms with Gasteiger partial charge in [0.05, 0.1) is 41.8 Å². The molecule has 270 valence electrons. The van der Waals surface area contributed by atoms with Gasteiger partial charge in [-0.2, -0.15) is 0 Å². The number of nitrogens with zero attached hydrogens (tertiary/aromatic N) is 4. The quantitative estimate of drug-likeness (QED) is 0.170. The van der Waals surface area contributed by atoms with E-state index in [0.29, 0.717) is 52.8 Å². The summed E-state index contributed by atoms with van der Waals surface area (Å²) >= 11 is 14.3. The molecule has 2 saturated heterocycles. The smallest absolute Gasteiger partial charge is 0.237 e. The Morgan fingerprint density at radius 1 is 0.942 bits per heavy atom. The Hall–Kier alpha value is -4.09. The van der Waals surface area contributed by atoms with Crippen LogP contribution in [0.1, 0.15) is 61.9 Å². The van der Waals surface area contributed by atoms with E-state index >= 15 is 0 Å². The van der Waals surface area contributed by atoms with Crippen molar-refractivity contribution in [3.63, 3.8) is 0 Å². The molecule has 1 spiro atoms. The third-order valence-electron chi connectivity index (χ3n) is 11.3. The summed E-state index contributed by atoms with van der Waals surface area (Å²) in [6, 6.07) is 14.1. The number of aromatic nitrogens is 3. The van der Waals surface area contributed by atoms with E-state index < -0.39 is 0 Å². The highest BCUT2D eigenvalue weighted by Crippen LogP contribution is 2.52. The lowest BCUT2D eigenvalue weighted by molar-refractivity contribution is -0.141. The number of benzene rings is 2. The van der Waals surface area contributed by atoms with Crippen molar-refractivity contribution >= 4 is 34.9 Å². The number of halogens is 2. The van der Waals surface area contributed by atoms with E-state index in [9.17, 15) is 9.59 Å². The molecule has 3 fully saturated rings. The molecule has 0 radical (unpaired) electrons. The predicted molar refractivity (Wildman–Crippen MR) is 201 cm³/mol. The summed E-state index contributed by atoms with van der Waals surface area (Å²) in [5, 5.41) is 7.71. The molecule has 4 aliphatic rings. The van der Waals surface area contributed by atoms with Crippen LogP contribution in [-0.4, -0.2) is 71.4 Å². The Balaban J connectivity index is 1.02. The molecule has 10 nitrogen and oxygen atoms in total. The van der Waals surface area contributed by atoms with Crippen LogP contribution >= 0.6 is 23.2 Å². The van der Waals surface area contributed by atoms with Crippen LogP contribution in [0.4, 0.5) is 0 Å². The highest BCUT2D eigenvalue weighted by atomic mass is 35.5. The number of hydrogen-bond acceptors (Lipinski definition) is 9. The molecule has 52 heavy (non-hydrogen) atoms. The maximum absolute atomic E-state index is 11.7. The van der Waals surface area contributed by atoms with Crippen LogP contribution in [0.5, 0.6) is 11.8 Å². The zero-order chi connectivity index (χ0) is 36.1. The molecule has 12 heteroatoms. The Bertz CT molecular complexity index is 2060. The SMILES string of the molecule is COc1nc(-c2cccc(-c3cccc(-c4cc5c(c(OC)n4)[C@@H](NC[C@@H]4CCC(=O)N4)CC5)c3Cl)c2Cl)cnc1CN1CC2(CC(C(C)=O)C2)C1. The lowest BCUT2D eigenvalue weighted by atomic mass is 9.57. The topological polar surface area (TPSA) is 119 Å². The second-order valence-corrected chi connectivity index (χ2v) is 15.6. The molecule has 8 rings (SSSR count). The molecular formula is C40H42Cl2N6O4. The number of hydrogen-bond donors (Lipinski definition) is 2. The van der Waals surface area contributed by atoms with Gasteiger partial charge in [-0.1, -0.05) is 59.6 Å². The molecule has 0 unspecified atom stereocenters. The van der Waals surface area contributed by atoms with Gasteiger partial charge >= 0.3 is 0 Å². The van der Waals surface area contributed by atoms with Gasteiger partial charge in [0.15, 0.2) is 0 Å². The predicted octanol–water partition coefficient (Wildman–Crippen LogP) is 6.85. The first-order valence-corrected chi connectivity index (χ1v) is 18.7. The summed E-state index contributed by atoms with van der Waals surface area (Å²) in [7, 11) is 3.25. The number of ether oxygens (including phenoxy) is 2. The minimum absolute atomic E-state index is 0.0973. The Morgan fingerprint density at radius 2 is 1.60 bits per heavy atom. The Labute approximate surface area is 313 Å². The van der Waals surface area contributed by atoms with Gasteiger partial charge in [-0.25, -0.2) is 9.97 Å². The summed E-state index contributed by atoms with van der Waals surface area (Å²) in [6.07, 6.45) is 6.96. The number of carbonyl (C=O) groups is 2. The molecule has 2 aromatic heterocycles. The van der Waals surface area contributed by atoms with E-state index in [1.807, 2.05) is 36.4 Å². The number of fused-ring (bicyclic) bond motifs is 1. The van der Waals surface area contributed by atoms with Gasteiger partial charge in [0, 0.05) is 78.4 Å². The molecule has 0 bridgehead atoms. The van der Waals surface area contributed by atoms with Gasteiger partial charge in [-0.05, 0) is 56.1 Å². The molecule has 2 aliphatic carbocycles. The average molecular weight is 742 g/mol. The summed E-state index contributed by atoms with van der Waals surface area (Å²) in [6.45, 7) is 4.97. The fourth-order valence-corrected chi connectivity index (χ4v) is 9.30. The fourth-order valence-electron chi connectivity index (χ4n) is 8.65. The maximum atomic E-state index is 11.7. The molecule has 2 aromatic carbocycles. The van der Waals surface area contributed by atoms with Crippen molar-refractivity contribution in [2.75, 3.05) is 33.9 Å². The normalized spacial score (nSPS) is 20.7. The molecule has 1 saturated carbocycles. The Morgan fingerprint density at radius 3 is 2.23 bits per heavy atom. The van der Waals surface area contributed by atoms with E-state index in [-0.39, 0.29) is 29.3 Å².